The average Bonchev–Trinajstić information content (AvgIpc) is 3.31. The molecule has 2 heterocycles. The van der Waals surface area contributed by atoms with Crippen LogP contribution in [0.1, 0.15) is 17.0 Å². The van der Waals surface area contributed by atoms with Crippen molar-refractivity contribution < 1.29 is 14.1 Å². The number of hydrogen-bond acceptors (Lipinski definition) is 4. The second kappa shape index (κ2) is 7.83. The number of aryl methyl sites for hydroxylation is 2. The number of aromatic nitrogens is 2. The minimum Gasteiger partial charge on any atom is -0.497 e. The van der Waals surface area contributed by atoms with Crippen LogP contribution in [0.5, 0.6) is 5.75 Å². The summed E-state index contributed by atoms with van der Waals surface area (Å²) >= 11 is 0. The normalized spacial score (nSPS) is 11.0. The van der Waals surface area contributed by atoms with Gasteiger partial charge in [-0.05, 0) is 42.8 Å². The van der Waals surface area contributed by atoms with Crippen molar-refractivity contribution in [3.05, 3.63) is 71.5 Å². The Morgan fingerprint density at radius 2 is 2.03 bits per heavy atom. The molecule has 0 atom stereocenters. The number of rotatable bonds is 6. The van der Waals surface area contributed by atoms with E-state index < -0.39 is 0 Å². The summed E-state index contributed by atoms with van der Waals surface area (Å²) in [5.41, 5.74) is 4.90. The van der Waals surface area contributed by atoms with Gasteiger partial charge in [-0.3, -0.25) is 4.79 Å². The first-order valence-corrected chi connectivity index (χ1v) is 9.45. The lowest BCUT2D eigenvalue weighted by Gasteiger charge is -2.05. The Kier molecular flexibility index (Phi) is 5.08. The number of carbonyl (C=O) groups excluding carboxylic acids is 1. The zero-order valence-electron chi connectivity index (χ0n) is 16.7. The molecular weight excluding hydrogens is 366 g/mol. The van der Waals surface area contributed by atoms with Crippen LogP contribution in [0, 0.1) is 6.92 Å². The molecular formula is C23H23N3O3. The molecule has 0 aliphatic rings. The maximum absolute atomic E-state index is 12.3. The van der Waals surface area contributed by atoms with E-state index in [2.05, 4.69) is 47.2 Å². The number of methoxy groups -OCH3 is 1. The Balaban J connectivity index is 1.38. The highest BCUT2D eigenvalue weighted by atomic mass is 16.5. The maximum Gasteiger partial charge on any atom is 0.226 e. The van der Waals surface area contributed by atoms with Crippen LogP contribution in [-0.2, 0) is 24.8 Å². The molecule has 0 aliphatic carbocycles. The number of carbonyl (C=O) groups is 1. The molecule has 6 nitrogen and oxygen atoms in total. The molecule has 4 rings (SSSR count). The van der Waals surface area contributed by atoms with Crippen LogP contribution in [0.25, 0.3) is 22.2 Å². The zero-order valence-corrected chi connectivity index (χ0v) is 16.7. The Morgan fingerprint density at radius 1 is 1.17 bits per heavy atom. The van der Waals surface area contributed by atoms with E-state index in [1.807, 2.05) is 30.3 Å². The van der Waals surface area contributed by atoms with Crippen molar-refractivity contribution in [2.45, 2.75) is 19.9 Å². The molecule has 0 saturated carbocycles. The van der Waals surface area contributed by atoms with Crippen molar-refractivity contribution in [1.29, 1.82) is 0 Å². The van der Waals surface area contributed by atoms with E-state index in [9.17, 15) is 4.79 Å². The van der Waals surface area contributed by atoms with Gasteiger partial charge in [0.1, 0.15) is 5.75 Å². The predicted octanol–water partition coefficient (Wildman–Crippen LogP) is 4.01. The molecule has 0 spiro atoms. The first-order valence-electron chi connectivity index (χ1n) is 9.45. The molecule has 2 aromatic carbocycles. The molecule has 0 radical (unpaired) electrons. The van der Waals surface area contributed by atoms with Crippen molar-refractivity contribution in [2.24, 2.45) is 7.05 Å². The first kappa shape index (κ1) is 18.8. The smallest absolute Gasteiger partial charge is 0.226 e. The summed E-state index contributed by atoms with van der Waals surface area (Å²) in [5, 5.41) is 8.15. The van der Waals surface area contributed by atoms with Crippen molar-refractivity contribution >= 4 is 16.8 Å². The monoisotopic (exact) mass is 389 g/mol. The molecule has 0 fully saturated rings. The second-order valence-electron chi connectivity index (χ2n) is 7.11. The number of nitrogens with zero attached hydrogens (tertiary/aromatic N) is 2. The largest absolute Gasteiger partial charge is 0.497 e. The van der Waals surface area contributed by atoms with Gasteiger partial charge in [-0.15, -0.1) is 0 Å². The molecule has 0 saturated heterocycles. The zero-order chi connectivity index (χ0) is 20.4. The van der Waals surface area contributed by atoms with E-state index in [1.165, 1.54) is 16.6 Å². The van der Waals surface area contributed by atoms with Gasteiger partial charge < -0.3 is 19.1 Å². The predicted molar refractivity (Wildman–Crippen MR) is 112 cm³/mol. The maximum atomic E-state index is 12.3. The number of benzene rings is 2. The highest BCUT2D eigenvalue weighted by Gasteiger charge is 2.12. The third-order valence-electron chi connectivity index (χ3n) is 5.09. The van der Waals surface area contributed by atoms with Gasteiger partial charge >= 0.3 is 0 Å². The minimum absolute atomic E-state index is 0.0974. The van der Waals surface area contributed by atoms with E-state index in [4.69, 9.17) is 9.26 Å². The van der Waals surface area contributed by atoms with Crippen molar-refractivity contribution in [3.63, 3.8) is 0 Å². The molecule has 4 aromatic rings. The van der Waals surface area contributed by atoms with Crippen LogP contribution in [0.3, 0.4) is 0 Å². The molecule has 29 heavy (non-hydrogen) atoms. The Labute approximate surface area is 169 Å². The molecule has 1 amide bonds. The molecule has 1 N–H and O–H groups in total. The fourth-order valence-corrected chi connectivity index (χ4v) is 3.38. The third-order valence-corrected chi connectivity index (χ3v) is 5.09. The summed E-state index contributed by atoms with van der Waals surface area (Å²) in [7, 11) is 3.67. The molecule has 2 aromatic heterocycles. The van der Waals surface area contributed by atoms with Crippen LogP contribution < -0.4 is 10.1 Å². The molecule has 0 aliphatic heterocycles. The van der Waals surface area contributed by atoms with Crippen LogP contribution >= 0.6 is 0 Å². The molecule has 0 bridgehead atoms. The average molecular weight is 389 g/mol. The highest BCUT2D eigenvalue weighted by molar-refractivity contribution is 5.82. The summed E-state index contributed by atoms with van der Waals surface area (Å²) in [6.45, 7) is 2.56. The number of hydrogen-bond donors (Lipinski definition) is 1. The summed E-state index contributed by atoms with van der Waals surface area (Å²) in [5.74, 6) is 1.25. The Bertz CT molecular complexity index is 1170. The van der Waals surface area contributed by atoms with E-state index in [1.54, 1.807) is 13.2 Å². The van der Waals surface area contributed by atoms with Gasteiger partial charge in [-0.1, -0.05) is 23.4 Å². The van der Waals surface area contributed by atoms with Gasteiger partial charge in [-0.25, -0.2) is 0 Å². The third kappa shape index (κ3) is 4.01. The van der Waals surface area contributed by atoms with Gasteiger partial charge in [-0.2, -0.15) is 0 Å². The van der Waals surface area contributed by atoms with Crippen molar-refractivity contribution in [3.8, 4) is 17.1 Å². The SMILES string of the molecule is COc1cccc(-c2cc(CC(=O)NCc3ccc4c(c3)cc(C)n4C)no2)c1. The van der Waals surface area contributed by atoms with E-state index in [0.29, 0.717) is 18.0 Å². The first-order chi connectivity index (χ1) is 14.0. The van der Waals surface area contributed by atoms with Crippen LogP contribution in [0.2, 0.25) is 0 Å². The summed E-state index contributed by atoms with van der Waals surface area (Å²) in [4.78, 5) is 12.3. The fourth-order valence-electron chi connectivity index (χ4n) is 3.38. The lowest BCUT2D eigenvalue weighted by atomic mass is 10.1. The van der Waals surface area contributed by atoms with E-state index in [0.717, 1.165) is 16.9 Å². The van der Waals surface area contributed by atoms with Crippen molar-refractivity contribution in [1.82, 2.24) is 15.0 Å². The standard InChI is InChI=1S/C23H23N3O3/c1-15-9-18-10-16(7-8-21(18)26(15)2)14-24-23(27)13-19-12-22(29-25-19)17-5-4-6-20(11-17)28-3/h4-12H,13-14H2,1-3H3,(H,24,27). The second-order valence-corrected chi connectivity index (χ2v) is 7.11. The van der Waals surface area contributed by atoms with Gasteiger partial charge in [0.2, 0.25) is 5.91 Å². The van der Waals surface area contributed by atoms with E-state index in [-0.39, 0.29) is 12.3 Å². The number of nitrogens with one attached hydrogen (secondary N) is 1. The molecule has 148 valence electrons. The van der Waals surface area contributed by atoms with Gasteiger partial charge in [0, 0.05) is 41.8 Å². The topological polar surface area (TPSA) is 69.3 Å². The summed E-state index contributed by atoms with van der Waals surface area (Å²) < 4.78 is 12.8. The quantitative estimate of drug-likeness (QED) is 0.541. The van der Waals surface area contributed by atoms with Crippen LogP contribution in [-0.4, -0.2) is 22.7 Å². The van der Waals surface area contributed by atoms with Gasteiger partial charge in [0.05, 0.1) is 19.2 Å². The van der Waals surface area contributed by atoms with Gasteiger partial charge in [0.25, 0.3) is 0 Å². The lowest BCUT2D eigenvalue weighted by molar-refractivity contribution is -0.120. The highest BCUT2D eigenvalue weighted by Crippen LogP contribution is 2.24. The van der Waals surface area contributed by atoms with Gasteiger partial charge in [0.15, 0.2) is 5.76 Å². The van der Waals surface area contributed by atoms with E-state index >= 15 is 0 Å². The van der Waals surface area contributed by atoms with Crippen LogP contribution in [0.4, 0.5) is 0 Å². The Hall–Kier alpha value is -3.54. The van der Waals surface area contributed by atoms with Crippen LogP contribution in [0.15, 0.2) is 59.1 Å². The number of ether oxygens (including phenoxy) is 1. The summed E-state index contributed by atoms with van der Waals surface area (Å²) in [6, 6.07) is 17.7. The minimum atomic E-state index is -0.0974. The molecule has 6 heteroatoms. The molecule has 0 unspecified atom stereocenters. The Morgan fingerprint density at radius 3 is 2.86 bits per heavy atom. The number of fused-ring (bicyclic) bond motifs is 1. The lowest BCUT2D eigenvalue weighted by Crippen LogP contribution is -2.24. The summed E-state index contributed by atoms with van der Waals surface area (Å²) in [6.07, 6.45) is 0.167. The number of amides is 1. The fraction of sp³-hybridized carbons (Fsp3) is 0.217. The van der Waals surface area contributed by atoms with Crippen molar-refractivity contribution in [2.75, 3.05) is 7.11 Å².